The van der Waals surface area contributed by atoms with Gasteiger partial charge in [-0.05, 0) is 62.6 Å². The molecule has 0 saturated carbocycles. The molecule has 57 heavy (non-hydrogen) atoms. The first-order valence-electron chi connectivity index (χ1n) is 19.5. The molecule has 2 unspecified atom stereocenters. The zero-order chi connectivity index (χ0) is 40.2. The van der Waals surface area contributed by atoms with Gasteiger partial charge in [-0.2, -0.15) is 4.98 Å². The summed E-state index contributed by atoms with van der Waals surface area (Å²) in [5, 5.41) is 6.84. The molecule has 1 saturated heterocycles. The monoisotopic (exact) mass is 788 g/mol. The van der Waals surface area contributed by atoms with Crippen LogP contribution in [0.2, 0.25) is 0 Å². The first kappa shape index (κ1) is 41.8. The van der Waals surface area contributed by atoms with Crippen LogP contribution in [0.1, 0.15) is 73.8 Å². The van der Waals surface area contributed by atoms with Crippen LogP contribution in [0.5, 0.6) is 0 Å². The topological polar surface area (TPSA) is 119 Å². The predicted molar refractivity (Wildman–Crippen MR) is 228 cm³/mol. The lowest BCUT2D eigenvalue weighted by molar-refractivity contribution is -0.0277. The minimum absolute atomic E-state index is 0.160. The average molecular weight is 789 g/mol. The summed E-state index contributed by atoms with van der Waals surface area (Å²) in [5.74, 6) is -0.192. The average Bonchev–Trinajstić information content (AvgIpc) is 3.63. The minimum atomic E-state index is -1.48. The summed E-state index contributed by atoms with van der Waals surface area (Å²) in [4.78, 5) is 35.0. The second kappa shape index (κ2) is 20.0. The molecule has 1 aromatic heterocycles. The molecule has 4 atom stereocenters. The molecule has 1 aliphatic heterocycles. The molecule has 5 aromatic rings. The summed E-state index contributed by atoms with van der Waals surface area (Å²) in [6, 6.07) is 41.6. The van der Waals surface area contributed by atoms with Gasteiger partial charge in [-0.15, -0.1) is 0 Å². The Kier molecular flexibility index (Phi) is 14.7. The molecule has 2 N–H and O–H groups in total. The van der Waals surface area contributed by atoms with Crippen LogP contribution in [-0.2, 0) is 19.3 Å². The predicted octanol–water partition coefficient (Wildman–Crippen LogP) is 8.20. The summed E-state index contributed by atoms with van der Waals surface area (Å²) in [7, 11) is 0.271. The SMILES string of the molecule is CN=CCCOP(OC[C@H]1O[C@@H](n2ccc(NC(=O)c3ccccc3)nc2=O)CC1NC(c1ccccc1)(c1ccccc1)c1ccccc1)N(C(C)C)C(C)C. The van der Waals surface area contributed by atoms with E-state index >= 15 is 0 Å². The van der Waals surface area contributed by atoms with Crippen LogP contribution in [0.3, 0.4) is 0 Å². The molecule has 11 nitrogen and oxygen atoms in total. The van der Waals surface area contributed by atoms with Gasteiger partial charge in [0.15, 0.2) is 0 Å². The molecule has 1 fully saturated rings. The van der Waals surface area contributed by atoms with Gasteiger partial charge in [0.25, 0.3) is 14.4 Å². The van der Waals surface area contributed by atoms with Crippen molar-refractivity contribution in [3.63, 3.8) is 0 Å². The van der Waals surface area contributed by atoms with Crippen LogP contribution in [-0.4, -0.2) is 70.8 Å². The van der Waals surface area contributed by atoms with Crippen LogP contribution < -0.4 is 16.3 Å². The number of nitrogens with zero attached hydrogens (tertiary/aromatic N) is 4. The molecule has 1 amide bonds. The number of carbonyl (C=O) groups excluding carboxylic acids is 1. The Morgan fingerprint density at radius 1 is 0.877 bits per heavy atom. The van der Waals surface area contributed by atoms with Crippen LogP contribution in [0.4, 0.5) is 5.82 Å². The van der Waals surface area contributed by atoms with E-state index in [9.17, 15) is 9.59 Å². The van der Waals surface area contributed by atoms with E-state index in [1.807, 2.05) is 30.5 Å². The molecule has 1 aliphatic rings. The molecule has 298 valence electrons. The van der Waals surface area contributed by atoms with Gasteiger partial charge in [0.2, 0.25) is 0 Å². The molecule has 12 heteroatoms. The minimum Gasteiger partial charge on any atom is -0.351 e. The third-order valence-electron chi connectivity index (χ3n) is 9.90. The lowest BCUT2D eigenvalue weighted by Gasteiger charge is -2.40. The maximum Gasteiger partial charge on any atom is 0.351 e. The van der Waals surface area contributed by atoms with Crippen molar-refractivity contribution in [3.05, 3.63) is 166 Å². The summed E-state index contributed by atoms with van der Waals surface area (Å²) in [6.07, 6.45) is 3.36. The molecular formula is C45H53N6O5P. The number of amides is 1. The largest absolute Gasteiger partial charge is 0.351 e. The summed E-state index contributed by atoms with van der Waals surface area (Å²) in [5.41, 5.74) is 2.28. The molecule has 0 aliphatic carbocycles. The highest BCUT2D eigenvalue weighted by Gasteiger charge is 2.45. The van der Waals surface area contributed by atoms with Gasteiger partial charge in [0, 0.05) is 56.0 Å². The van der Waals surface area contributed by atoms with Crippen LogP contribution in [0, 0.1) is 0 Å². The fraction of sp³-hybridized carbons (Fsp3) is 0.333. The second-order valence-electron chi connectivity index (χ2n) is 14.5. The van der Waals surface area contributed by atoms with E-state index in [2.05, 4.69) is 126 Å². The first-order valence-corrected chi connectivity index (χ1v) is 20.6. The van der Waals surface area contributed by atoms with Crippen molar-refractivity contribution in [3.8, 4) is 0 Å². The highest BCUT2D eigenvalue weighted by Crippen LogP contribution is 2.47. The standard InChI is InChI=1S/C45H53N6O5P/c1-33(2)51(34(3)4)57(54-30-18-28-46-5)55-32-40-39(31-42(56-40)50-29-27-41(48-44(50)53)47-43(52)35-19-10-6-11-20-35)49-45(36-21-12-7-13-22-36,37-23-14-8-15-24-37)38-25-16-9-17-26-38/h6-17,19-29,33-34,39-40,42,49H,18,30-32H2,1-5H3,(H,47,48,52,53)/t39?,40-,42-,57?/m1/s1. The molecule has 0 radical (unpaired) electrons. The van der Waals surface area contributed by atoms with Crippen LogP contribution >= 0.6 is 8.53 Å². The number of aromatic nitrogens is 2. The zero-order valence-electron chi connectivity index (χ0n) is 33.3. The highest BCUT2D eigenvalue weighted by atomic mass is 31.2. The van der Waals surface area contributed by atoms with Crippen LogP contribution in [0.25, 0.3) is 0 Å². The van der Waals surface area contributed by atoms with Crippen molar-refractivity contribution < 1.29 is 18.6 Å². The van der Waals surface area contributed by atoms with E-state index in [0.717, 1.165) is 16.7 Å². The fourth-order valence-corrected chi connectivity index (χ4v) is 9.01. The third-order valence-corrected chi connectivity index (χ3v) is 12.0. The summed E-state index contributed by atoms with van der Waals surface area (Å²) >= 11 is 0. The van der Waals surface area contributed by atoms with Crippen LogP contribution in [0.15, 0.2) is 143 Å². The van der Waals surface area contributed by atoms with Gasteiger partial charge in [-0.1, -0.05) is 109 Å². The number of nitrogens with one attached hydrogen (secondary N) is 2. The highest BCUT2D eigenvalue weighted by molar-refractivity contribution is 7.44. The summed E-state index contributed by atoms with van der Waals surface area (Å²) < 4.78 is 23.8. The molecule has 4 aromatic carbocycles. The summed E-state index contributed by atoms with van der Waals surface area (Å²) in [6.45, 7) is 9.22. The Bertz CT molecular complexity index is 1980. The van der Waals surface area contributed by atoms with Gasteiger partial charge in [0.1, 0.15) is 12.0 Å². The molecule has 2 heterocycles. The maximum atomic E-state index is 13.7. The lowest BCUT2D eigenvalue weighted by atomic mass is 9.76. The molecule has 0 spiro atoms. The Morgan fingerprint density at radius 2 is 1.42 bits per heavy atom. The van der Waals surface area contributed by atoms with Gasteiger partial charge in [0.05, 0.1) is 24.9 Å². The van der Waals surface area contributed by atoms with Crippen molar-refractivity contribution >= 4 is 26.5 Å². The van der Waals surface area contributed by atoms with Crippen molar-refractivity contribution in [2.45, 2.75) is 76.5 Å². The van der Waals surface area contributed by atoms with Crippen molar-refractivity contribution in [2.75, 3.05) is 25.6 Å². The van der Waals surface area contributed by atoms with Gasteiger partial charge in [-0.25, -0.2) is 9.46 Å². The number of hydrogen-bond acceptors (Lipinski definition) is 9. The first-order chi connectivity index (χ1) is 27.7. The number of ether oxygens (including phenoxy) is 1. The number of rotatable bonds is 18. The fourth-order valence-electron chi connectivity index (χ4n) is 7.37. The Hall–Kier alpha value is -4.87. The van der Waals surface area contributed by atoms with Crippen molar-refractivity contribution in [1.29, 1.82) is 0 Å². The van der Waals surface area contributed by atoms with E-state index < -0.39 is 32.1 Å². The van der Waals surface area contributed by atoms with E-state index in [-0.39, 0.29) is 36.5 Å². The smallest absolute Gasteiger partial charge is 0.351 e. The number of hydrogen-bond donors (Lipinski definition) is 2. The second-order valence-corrected chi connectivity index (χ2v) is 15.9. The quantitative estimate of drug-likeness (QED) is 0.0395. The van der Waals surface area contributed by atoms with E-state index in [0.29, 0.717) is 25.0 Å². The van der Waals surface area contributed by atoms with Gasteiger partial charge in [-0.3, -0.25) is 14.7 Å². The van der Waals surface area contributed by atoms with Gasteiger partial charge < -0.3 is 24.1 Å². The third kappa shape index (κ3) is 10.2. The number of carbonyl (C=O) groups is 1. The zero-order valence-corrected chi connectivity index (χ0v) is 34.2. The Morgan fingerprint density at radius 3 is 1.93 bits per heavy atom. The normalized spacial score (nSPS) is 17.8. The van der Waals surface area contributed by atoms with Gasteiger partial charge >= 0.3 is 5.69 Å². The van der Waals surface area contributed by atoms with Crippen molar-refractivity contribution in [1.82, 2.24) is 19.5 Å². The number of aliphatic imine (C=N–C) groups is 1. The molecular weight excluding hydrogens is 736 g/mol. The van der Waals surface area contributed by atoms with E-state index in [4.69, 9.17) is 13.8 Å². The Balaban J connectivity index is 1.37. The molecule has 0 bridgehead atoms. The Labute approximate surface area is 337 Å². The van der Waals surface area contributed by atoms with Crippen molar-refractivity contribution in [2.24, 2.45) is 4.99 Å². The maximum absolute atomic E-state index is 13.7. The number of anilines is 1. The number of benzene rings is 4. The lowest BCUT2D eigenvalue weighted by Crippen LogP contribution is -2.53. The van der Waals surface area contributed by atoms with E-state index in [1.54, 1.807) is 43.6 Å². The van der Waals surface area contributed by atoms with E-state index in [1.165, 1.54) is 4.57 Å². The molecule has 6 rings (SSSR count).